The summed E-state index contributed by atoms with van der Waals surface area (Å²) in [7, 11) is -0.873. The van der Waals surface area contributed by atoms with Gasteiger partial charge in [-0.25, -0.2) is 13.1 Å². The maximum absolute atomic E-state index is 12.7. The second-order valence-corrected chi connectivity index (χ2v) is 9.16. The van der Waals surface area contributed by atoms with Crippen LogP contribution in [0.5, 0.6) is 0 Å². The first-order chi connectivity index (χ1) is 12.8. The highest BCUT2D eigenvalue weighted by molar-refractivity contribution is 8.00. The predicted octanol–water partition coefficient (Wildman–Crippen LogP) is 0.730. The molecule has 1 aliphatic rings. The van der Waals surface area contributed by atoms with Crippen molar-refractivity contribution in [1.82, 2.24) is 9.62 Å². The largest absolute Gasteiger partial charge is 0.468 e. The number of hydrogen-bond donors (Lipinski definition) is 1. The standard InChI is InChI=1S/C17H24N2O6S2/c1-12(11-24-2)18-27(22,23)14-6-4-13(5-7-14)16(20)19-8-9-26-15(10-19)17(21)25-3/h4-7,12,15,18H,8-11H2,1-3H3/t12-,15+/m0/s1. The van der Waals surface area contributed by atoms with Gasteiger partial charge in [-0.1, -0.05) is 0 Å². The van der Waals surface area contributed by atoms with Crippen LogP contribution in [0.3, 0.4) is 0 Å². The molecule has 1 fully saturated rings. The Morgan fingerprint density at radius 3 is 2.56 bits per heavy atom. The van der Waals surface area contributed by atoms with Gasteiger partial charge in [0.15, 0.2) is 0 Å². The number of benzene rings is 1. The van der Waals surface area contributed by atoms with Gasteiger partial charge < -0.3 is 14.4 Å². The molecule has 1 heterocycles. The normalized spacial score (nSPS) is 18.8. The molecule has 10 heteroatoms. The summed E-state index contributed by atoms with van der Waals surface area (Å²) in [5.74, 6) is 0.0447. The maximum atomic E-state index is 12.7. The summed E-state index contributed by atoms with van der Waals surface area (Å²) in [5, 5.41) is -0.404. The molecule has 0 spiro atoms. The Kier molecular flexibility index (Phi) is 7.66. The number of carbonyl (C=O) groups excluding carboxylic acids is 2. The Hall–Kier alpha value is -1.62. The van der Waals surface area contributed by atoms with E-state index < -0.39 is 15.3 Å². The molecule has 27 heavy (non-hydrogen) atoms. The van der Waals surface area contributed by atoms with Crippen LogP contribution in [0.25, 0.3) is 0 Å². The summed E-state index contributed by atoms with van der Waals surface area (Å²) in [6, 6.07) is 5.37. The van der Waals surface area contributed by atoms with Gasteiger partial charge in [0.05, 0.1) is 18.6 Å². The van der Waals surface area contributed by atoms with Crippen LogP contribution in [0.1, 0.15) is 17.3 Å². The van der Waals surface area contributed by atoms with E-state index in [1.54, 1.807) is 11.8 Å². The average Bonchev–Trinajstić information content (AvgIpc) is 2.66. The number of methoxy groups -OCH3 is 2. The smallest absolute Gasteiger partial charge is 0.320 e. The van der Waals surface area contributed by atoms with Gasteiger partial charge in [0.25, 0.3) is 5.91 Å². The number of thioether (sulfide) groups is 1. The molecular weight excluding hydrogens is 392 g/mol. The van der Waals surface area contributed by atoms with Crippen molar-refractivity contribution in [3.8, 4) is 0 Å². The van der Waals surface area contributed by atoms with E-state index in [9.17, 15) is 18.0 Å². The Balaban J connectivity index is 2.08. The molecule has 1 aliphatic heterocycles. The van der Waals surface area contributed by atoms with Crippen LogP contribution in [-0.4, -0.2) is 76.2 Å². The van der Waals surface area contributed by atoms with Crippen LogP contribution in [0.2, 0.25) is 0 Å². The van der Waals surface area contributed by atoms with Crippen molar-refractivity contribution in [3.05, 3.63) is 29.8 Å². The number of nitrogens with one attached hydrogen (secondary N) is 1. The van der Waals surface area contributed by atoms with Crippen LogP contribution in [0, 0.1) is 0 Å². The summed E-state index contributed by atoms with van der Waals surface area (Å²) >= 11 is 1.46. The van der Waals surface area contributed by atoms with E-state index in [2.05, 4.69) is 4.72 Å². The lowest BCUT2D eigenvalue weighted by molar-refractivity contribution is -0.140. The van der Waals surface area contributed by atoms with E-state index >= 15 is 0 Å². The van der Waals surface area contributed by atoms with E-state index in [4.69, 9.17) is 9.47 Å². The number of carbonyl (C=O) groups is 2. The molecule has 0 saturated carbocycles. The number of sulfonamides is 1. The quantitative estimate of drug-likeness (QED) is 0.654. The van der Waals surface area contributed by atoms with E-state index in [-0.39, 0.29) is 36.0 Å². The molecule has 0 aromatic heterocycles. The summed E-state index contributed by atoms with van der Waals surface area (Å²) in [4.78, 5) is 26.0. The van der Waals surface area contributed by atoms with Gasteiger partial charge >= 0.3 is 5.97 Å². The van der Waals surface area contributed by atoms with Crippen molar-refractivity contribution in [2.75, 3.05) is 39.7 Å². The molecule has 1 aromatic carbocycles. The highest BCUT2D eigenvalue weighted by atomic mass is 32.2. The van der Waals surface area contributed by atoms with E-state index in [1.807, 2.05) is 0 Å². The van der Waals surface area contributed by atoms with Crippen LogP contribution < -0.4 is 4.72 Å². The minimum absolute atomic E-state index is 0.0728. The van der Waals surface area contributed by atoms with Crippen LogP contribution in [0.15, 0.2) is 29.2 Å². The SMILES string of the molecule is COC[C@H](C)NS(=O)(=O)c1ccc(C(=O)N2CCS[C@@H](C(=O)OC)C2)cc1. The Morgan fingerprint density at radius 1 is 1.30 bits per heavy atom. The van der Waals surface area contributed by atoms with Crippen LogP contribution in [-0.2, 0) is 24.3 Å². The number of ether oxygens (including phenoxy) is 2. The molecule has 8 nitrogen and oxygen atoms in total. The zero-order valence-electron chi connectivity index (χ0n) is 15.5. The Labute approximate surface area is 163 Å². The molecular formula is C17H24N2O6S2. The van der Waals surface area contributed by atoms with Crippen molar-refractivity contribution < 1.29 is 27.5 Å². The zero-order chi connectivity index (χ0) is 20.0. The van der Waals surface area contributed by atoms with Gasteiger partial charge in [0, 0.05) is 37.6 Å². The van der Waals surface area contributed by atoms with Gasteiger partial charge in [-0.2, -0.15) is 0 Å². The molecule has 0 radical (unpaired) electrons. The first-order valence-electron chi connectivity index (χ1n) is 8.38. The third-order valence-electron chi connectivity index (χ3n) is 4.00. The number of rotatable bonds is 7. The number of nitrogens with zero attached hydrogens (tertiary/aromatic N) is 1. The van der Waals surface area contributed by atoms with Crippen molar-refractivity contribution in [1.29, 1.82) is 0 Å². The van der Waals surface area contributed by atoms with E-state index in [1.165, 1.54) is 50.2 Å². The molecule has 1 aromatic rings. The first kappa shape index (κ1) is 21.7. The van der Waals surface area contributed by atoms with E-state index in [0.717, 1.165) is 0 Å². The second kappa shape index (κ2) is 9.54. The molecule has 0 aliphatic carbocycles. The van der Waals surface area contributed by atoms with Gasteiger partial charge in [-0.3, -0.25) is 9.59 Å². The monoisotopic (exact) mass is 416 g/mol. The summed E-state index contributed by atoms with van der Waals surface area (Å²) in [6.45, 7) is 2.74. The number of amides is 1. The molecule has 1 amide bonds. The Bertz CT molecular complexity index is 766. The fraction of sp³-hybridized carbons (Fsp3) is 0.529. The maximum Gasteiger partial charge on any atom is 0.320 e. The third kappa shape index (κ3) is 5.68. The molecule has 2 rings (SSSR count). The molecule has 1 N–H and O–H groups in total. The molecule has 1 saturated heterocycles. The van der Waals surface area contributed by atoms with Gasteiger partial charge in [-0.05, 0) is 31.2 Å². The lowest BCUT2D eigenvalue weighted by Crippen LogP contribution is -2.45. The lowest BCUT2D eigenvalue weighted by Gasteiger charge is -2.31. The van der Waals surface area contributed by atoms with Gasteiger partial charge in [0.1, 0.15) is 5.25 Å². The third-order valence-corrected chi connectivity index (χ3v) is 6.77. The molecule has 150 valence electrons. The van der Waals surface area contributed by atoms with Gasteiger partial charge in [-0.15, -0.1) is 11.8 Å². The minimum Gasteiger partial charge on any atom is -0.468 e. The van der Waals surface area contributed by atoms with Crippen LogP contribution in [0.4, 0.5) is 0 Å². The Morgan fingerprint density at radius 2 is 1.96 bits per heavy atom. The van der Waals surface area contributed by atoms with Crippen molar-refractivity contribution >= 4 is 33.7 Å². The van der Waals surface area contributed by atoms with Crippen molar-refractivity contribution in [2.45, 2.75) is 23.1 Å². The fourth-order valence-corrected chi connectivity index (χ4v) is 5.04. The first-order valence-corrected chi connectivity index (χ1v) is 10.9. The minimum atomic E-state index is -3.69. The number of esters is 1. The number of hydrogen-bond acceptors (Lipinski definition) is 7. The summed E-state index contributed by atoms with van der Waals surface area (Å²) < 4.78 is 36.8. The topological polar surface area (TPSA) is 102 Å². The second-order valence-electron chi connectivity index (χ2n) is 6.14. The highest BCUT2D eigenvalue weighted by Crippen LogP contribution is 2.22. The van der Waals surface area contributed by atoms with E-state index in [0.29, 0.717) is 17.9 Å². The summed E-state index contributed by atoms with van der Waals surface area (Å²) in [5.41, 5.74) is 0.370. The molecule has 0 unspecified atom stereocenters. The zero-order valence-corrected chi connectivity index (χ0v) is 17.1. The highest BCUT2D eigenvalue weighted by Gasteiger charge is 2.30. The predicted molar refractivity (Wildman–Crippen MR) is 102 cm³/mol. The average molecular weight is 417 g/mol. The summed E-state index contributed by atoms with van der Waals surface area (Å²) in [6.07, 6.45) is 0. The van der Waals surface area contributed by atoms with Crippen LogP contribution >= 0.6 is 11.8 Å². The van der Waals surface area contributed by atoms with Crippen molar-refractivity contribution in [2.24, 2.45) is 0 Å². The lowest BCUT2D eigenvalue weighted by atomic mass is 10.2. The fourth-order valence-electron chi connectivity index (χ4n) is 2.68. The van der Waals surface area contributed by atoms with Crippen molar-refractivity contribution in [3.63, 3.8) is 0 Å². The van der Waals surface area contributed by atoms with Gasteiger partial charge in [0.2, 0.25) is 10.0 Å². The molecule has 0 bridgehead atoms. The molecule has 2 atom stereocenters.